The Morgan fingerprint density at radius 1 is 1.04 bits per heavy atom. The second-order valence-electron chi connectivity index (χ2n) is 5.76. The maximum absolute atomic E-state index is 12.4. The van der Waals surface area contributed by atoms with Crippen LogP contribution in [0, 0.1) is 0 Å². The van der Waals surface area contributed by atoms with E-state index < -0.39 is 0 Å². The molecule has 3 rings (SSSR count). The Morgan fingerprint density at radius 3 is 2.58 bits per heavy atom. The van der Waals surface area contributed by atoms with Crippen LogP contribution in [0.4, 0.5) is 5.82 Å². The van der Waals surface area contributed by atoms with Crippen molar-refractivity contribution in [1.82, 2.24) is 20.3 Å². The third-order valence-electron chi connectivity index (χ3n) is 3.96. The van der Waals surface area contributed by atoms with Gasteiger partial charge in [0.05, 0.1) is 12.2 Å². The predicted octanol–water partition coefficient (Wildman–Crippen LogP) is 2.83. The maximum atomic E-state index is 12.4. The lowest BCUT2D eigenvalue weighted by Gasteiger charge is -2.22. The van der Waals surface area contributed by atoms with Gasteiger partial charge >= 0.3 is 0 Å². The number of aromatic nitrogens is 3. The Kier molecular flexibility index (Phi) is 5.88. The molecular weight excluding hydrogens is 326 g/mol. The van der Waals surface area contributed by atoms with Crippen LogP contribution in [0.5, 0.6) is 0 Å². The summed E-state index contributed by atoms with van der Waals surface area (Å²) in [5.74, 6) is 0.490. The van der Waals surface area contributed by atoms with Crippen LogP contribution >= 0.6 is 0 Å². The first-order chi connectivity index (χ1) is 12.8. The van der Waals surface area contributed by atoms with Crippen molar-refractivity contribution in [3.63, 3.8) is 0 Å². The number of rotatable bonds is 7. The Bertz CT molecular complexity index is 839. The second kappa shape index (κ2) is 8.71. The van der Waals surface area contributed by atoms with E-state index in [0.29, 0.717) is 12.2 Å². The Labute approximate surface area is 153 Å². The van der Waals surface area contributed by atoms with Crippen molar-refractivity contribution in [3.05, 3.63) is 84.1 Å². The van der Waals surface area contributed by atoms with Crippen molar-refractivity contribution >= 4 is 11.7 Å². The fourth-order valence-corrected chi connectivity index (χ4v) is 2.57. The lowest BCUT2D eigenvalue weighted by molar-refractivity contribution is 0.0945. The summed E-state index contributed by atoms with van der Waals surface area (Å²) < 4.78 is 0. The highest BCUT2D eigenvalue weighted by Crippen LogP contribution is 2.15. The zero-order chi connectivity index (χ0) is 18.2. The summed E-state index contributed by atoms with van der Waals surface area (Å²) in [6, 6.07) is 17.5. The average Bonchev–Trinajstić information content (AvgIpc) is 2.72. The number of carbonyl (C=O) groups is 1. The summed E-state index contributed by atoms with van der Waals surface area (Å²) in [6.07, 6.45) is 3.13. The number of hydrogen-bond donors (Lipinski definition) is 1. The van der Waals surface area contributed by atoms with Gasteiger partial charge < -0.3 is 10.2 Å². The van der Waals surface area contributed by atoms with Gasteiger partial charge in [-0.05, 0) is 24.6 Å². The monoisotopic (exact) mass is 347 g/mol. The van der Waals surface area contributed by atoms with Gasteiger partial charge in [0, 0.05) is 25.4 Å². The van der Waals surface area contributed by atoms with Crippen LogP contribution in [-0.4, -0.2) is 27.4 Å². The number of carbonyl (C=O) groups excluding carboxylic acids is 1. The first kappa shape index (κ1) is 17.5. The van der Waals surface area contributed by atoms with Crippen LogP contribution in [0.15, 0.2) is 67.1 Å². The van der Waals surface area contributed by atoms with E-state index in [-0.39, 0.29) is 5.91 Å². The van der Waals surface area contributed by atoms with Gasteiger partial charge in [0.25, 0.3) is 5.91 Å². The SMILES string of the molecule is CCN(Cc1ccccc1)c1cc(C(=O)NCc2ccccn2)ncn1. The van der Waals surface area contributed by atoms with Crippen molar-refractivity contribution < 1.29 is 4.79 Å². The highest BCUT2D eigenvalue weighted by atomic mass is 16.1. The fourth-order valence-electron chi connectivity index (χ4n) is 2.57. The summed E-state index contributed by atoms with van der Waals surface area (Å²) in [7, 11) is 0. The molecule has 0 aliphatic rings. The van der Waals surface area contributed by atoms with Crippen molar-refractivity contribution in [2.24, 2.45) is 0 Å². The molecule has 0 unspecified atom stereocenters. The van der Waals surface area contributed by atoms with Gasteiger partial charge in [-0.25, -0.2) is 9.97 Å². The molecule has 26 heavy (non-hydrogen) atoms. The van der Waals surface area contributed by atoms with E-state index in [0.717, 1.165) is 24.6 Å². The average molecular weight is 347 g/mol. The van der Waals surface area contributed by atoms with Crippen LogP contribution in [0.3, 0.4) is 0 Å². The van der Waals surface area contributed by atoms with Gasteiger partial charge in [-0.3, -0.25) is 9.78 Å². The van der Waals surface area contributed by atoms with Crippen molar-refractivity contribution in [3.8, 4) is 0 Å². The van der Waals surface area contributed by atoms with Crippen LogP contribution in [-0.2, 0) is 13.1 Å². The standard InChI is InChI=1S/C20H21N5O/c1-2-25(14-16-8-4-3-5-9-16)19-12-18(23-15-24-19)20(26)22-13-17-10-6-7-11-21-17/h3-12,15H,2,13-14H2,1H3,(H,22,26). The Hall–Kier alpha value is -3.28. The molecule has 2 heterocycles. The number of benzene rings is 1. The molecule has 0 aliphatic carbocycles. The van der Waals surface area contributed by atoms with Crippen LogP contribution < -0.4 is 10.2 Å². The predicted molar refractivity (Wildman–Crippen MR) is 101 cm³/mol. The molecule has 0 saturated heterocycles. The van der Waals surface area contributed by atoms with Crippen molar-refractivity contribution in [1.29, 1.82) is 0 Å². The number of hydrogen-bond acceptors (Lipinski definition) is 5. The Morgan fingerprint density at radius 2 is 1.85 bits per heavy atom. The minimum absolute atomic E-state index is 0.241. The highest BCUT2D eigenvalue weighted by Gasteiger charge is 2.12. The lowest BCUT2D eigenvalue weighted by Crippen LogP contribution is -2.26. The molecule has 0 saturated carbocycles. The molecule has 6 nitrogen and oxygen atoms in total. The molecule has 1 aromatic carbocycles. The molecule has 0 bridgehead atoms. The minimum atomic E-state index is -0.241. The summed E-state index contributed by atoms with van der Waals surface area (Å²) >= 11 is 0. The molecule has 1 N–H and O–H groups in total. The first-order valence-electron chi connectivity index (χ1n) is 8.55. The second-order valence-corrected chi connectivity index (χ2v) is 5.76. The molecule has 0 aliphatic heterocycles. The number of nitrogens with zero attached hydrogens (tertiary/aromatic N) is 4. The topological polar surface area (TPSA) is 71.0 Å². The number of pyridine rings is 1. The van der Waals surface area contributed by atoms with E-state index in [1.54, 1.807) is 12.3 Å². The normalized spacial score (nSPS) is 10.3. The van der Waals surface area contributed by atoms with Gasteiger partial charge in [0.15, 0.2) is 0 Å². The van der Waals surface area contributed by atoms with E-state index in [1.807, 2.05) is 36.4 Å². The van der Waals surface area contributed by atoms with Gasteiger partial charge in [0.2, 0.25) is 0 Å². The number of amides is 1. The molecular formula is C20H21N5O. The summed E-state index contributed by atoms with van der Waals surface area (Å²) in [6.45, 7) is 3.93. The quantitative estimate of drug-likeness (QED) is 0.712. The number of nitrogens with one attached hydrogen (secondary N) is 1. The molecule has 0 fully saturated rings. The van der Waals surface area contributed by atoms with Gasteiger partial charge in [-0.15, -0.1) is 0 Å². The zero-order valence-electron chi connectivity index (χ0n) is 14.7. The third kappa shape index (κ3) is 4.63. The fraction of sp³-hybridized carbons (Fsp3) is 0.200. The van der Waals surface area contributed by atoms with Gasteiger partial charge in [-0.2, -0.15) is 0 Å². The van der Waals surface area contributed by atoms with Crippen LogP contribution in [0.25, 0.3) is 0 Å². The van der Waals surface area contributed by atoms with Crippen LogP contribution in [0.2, 0.25) is 0 Å². The molecule has 3 aromatic rings. The smallest absolute Gasteiger partial charge is 0.270 e. The lowest BCUT2D eigenvalue weighted by atomic mass is 10.2. The maximum Gasteiger partial charge on any atom is 0.270 e. The summed E-state index contributed by atoms with van der Waals surface area (Å²) in [5.41, 5.74) is 2.33. The Balaban J connectivity index is 1.69. The molecule has 1 amide bonds. The van der Waals surface area contributed by atoms with E-state index in [9.17, 15) is 4.79 Å². The van der Waals surface area contributed by atoms with E-state index in [4.69, 9.17) is 0 Å². The van der Waals surface area contributed by atoms with Crippen molar-refractivity contribution in [2.75, 3.05) is 11.4 Å². The molecule has 0 radical (unpaired) electrons. The summed E-state index contributed by atoms with van der Waals surface area (Å²) in [5, 5.41) is 2.84. The first-order valence-corrected chi connectivity index (χ1v) is 8.55. The molecule has 2 aromatic heterocycles. The molecule has 132 valence electrons. The van der Waals surface area contributed by atoms with Gasteiger partial charge in [-0.1, -0.05) is 36.4 Å². The van der Waals surface area contributed by atoms with E-state index in [1.165, 1.54) is 11.9 Å². The molecule has 0 atom stereocenters. The molecule has 6 heteroatoms. The summed E-state index contributed by atoms with van der Waals surface area (Å²) in [4.78, 5) is 27.1. The number of anilines is 1. The van der Waals surface area contributed by atoms with Gasteiger partial charge in [0.1, 0.15) is 17.8 Å². The molecule has 0 spiro atoms. The van der Waals surface area contributed by atoms with E-state index >= 15 is 0 Å². The minimum Gasteiger partial charge on any atom is -0.352 e. The third-order valence-corrected chi connectivity index (χ3v) is 3.96. The van der Waals surface area contributed by atoms with E-state index in [2.05, 4.69) is 44.2 Å². The van der Waals surface area contributed by atoms with Crippen molar-refractivity contribution in [2.45, 2.75) is 20.0 Å². The largest absolute Gasteiger partial charge is 0.352 e. The highest BCUT2D eigenvalue weighted by molar-refractivity contribution is 5.92. The zero-order valence-corrected chi connectivity index (χ0v) is 14.7. The van der Waals surface area contributed by atoms with Crippen LogP contribution in [0.1, 0.15) is 28.7 Å².